The molecule has 4 heteroatoms. The first-order valence-corrected chi connectivity index (χ1v) is 6.05. The smallest absolute Gasteiger partial charge is 0.327 e. The number of hydrogen-bond acceptors (Lipinski definition) is 4. The average Bonchev–Trinajstić information content (AvgIpc) is 2.29. The third-order valence-corrected chi connectivity index (χ3v) is 2.31. The van der Waals surface area contributed by atoms with Crippen LogP contribution >= 0.6 is 0 Å². The second-order valence-corrected chi connectivity index (χ2v) is 3.83. The van der Waals surface area contributed by atoms with E-state index in [0.29, 0.717) is 0 Å². The van der Waals surface area contributed by atoms with Gasteiger partial charge in [-0.15, -0.1) is 0 Å². The van der Waals surface area contributed by atoms with Crippen LogP contribution in [0.4, 0.5) is 0 Å². The van der Waals surface area contributed by atoms with Crippen LogP contribution in [0.3, 0.4) is 0 Å². The fraction of sp³-hybridized carbons (Fsp3) is 0.692. The van der Waals surface area contributed by atoms with E-state index in [4.69, 9.17) is 9.47 Å². The summed E-state index contributed by atoms with van der Waals surface area (Å²) in [6.07, 6.45) is 5.16. The third-order valence-electron chi connectivity index (χ3n) is 2.31. The maximum absolute atomic E-state index is 11.8. The van der Waals surface area contributed by atoms with Crippen LogP contribution in [0.5, 0.6) is 0 Å². The molecule has 0 saturated heterocycles. The fourth-order valence-corrected chi connectivity index (χ4v) is 1.27. The van der Waals surface area contributed by atoms with Gasteiger partial charge in [-0.25, -0.2) is 0 Å². The molecule has 4 nitrogen and oxygen atoms in total. The van der Waals surface area contributed by atoms with Crippen LogP contribution in [-0.4, -0.2) is 25.2 Å². The number of carbonyl (C=O) groups excluding carboxylic acids is 2. The second-order valence-electron chi connectivity index (χ2n) is 3.83. The second kappa shape index (κ2) is 7.87. The van der Waals surface area contributed by atoms with Crippen molar-refractivity contribution in [3.8, 4) is 0 Å². The van der Waals surface area contributed by atoms with Gasteiger partial charge in [0.2, 0.25) is 0 Å². The Labute approximate surface area is 103 Å². The van der Waals surface area contributed by atoms with Gasteiger partial charge < -0.3 is 9.47 Å². The molecule has 0 amide bonds. The molecule has 0 saturated carbocycles. The summed E-state index contributed by atoms with van der Waals surface area (Å²) in [7, 11) is 0. The van der Waals surface area contributed by atoms with E-state index in [0.717, 1.165) is 12.8 Å². The fourth-order valence-electron chi connectivity index (χ4n) is 1.27. The van der Waals surface area contributed by atoms with Crippen LogP contribution in [0.1, 0.15) is 40.5 Å². The maximum Gasteiger partial charge on any atom is 0.327 e. The lowest BCUT2D eigenvalue weighted by Crippen LogP contribution is -2.37. The van der Waals surface area contributed by atoms with Crippen LogP contribution in [0.25, 0.3) is 0 Å². The van der Waals surface area contributed by atoms with E-state index in [9.17, 15) is 9.59 Å². The number of allylic oxidation sites excluding steroid dienone is 1. The Bertz CT molecular complexity index is 263. The van der Waals surface area contributed by atoms with Crippen LogP contribution in [0.2, 0.25) is 0 Å². The molecule has 0 heterocycles. The summed E-state index contributed by atoms with van der Waals surface area (Å²) < 4.78 is 9.83. The Morgan fingerprint density at radius 2 is 1.53 bits per heavy atom. The van der Waals surface area contributed by atoms with Crippen molar-refractivity contribution in [1.82, 2.24) is 0 Å². The van der Waals surface area contributed by atoms with Crippen molar-refractivity contribution in [2.45, 2.75) is 40.5 Å². The van der Waals surface area contributed by atoms with Gasteiger partial charge in [0.05, 0.1) is 13.2 Å². The molecule has 0 N–H and O–H groups in total. The molecule has 0 spiro atoms. The van der Waals surface area contributed by atoms with E-state index in [1.54, 1.807) is 19.9 Å². The molecule has 0 radical (unpaired) electrons. The van der Waals surface area contributed by atoms with E-state index in [-0.39, 0.29) is 13.2 Å². The number of ether oxygens (including phenoxy) is 2. The Morgan fingerprint density at radius 1 is 1.06 bits per heavy atom. The standard InChI is InChI=1S/C13H22O4/c1-5-8-9-10-13(4,11(14)16-6-2)12(15)17-7-3/h9-10H,5-8H2,1-4H3. The van der Waals surface area contributed by atoms with Crippen molar-refractivity contribution in [3.63, 3.8) is 0 Å². The third kappa shape index (κ3) is 4.59. The molecular weight excluding hydrogens is 220 g/mol. The molecule has 0 bridgehead atoms. The Kier molecular flexibility index (Phi) is 7.26. The van der Waals surface area contributed by atoms with Crippen LogP contribution in [0.15, 0.2) is 12.2 Å². The first-order chi connectivity index (χ1) is 8.02. The Morgan fingerprint density at radius 3 is 1.88 bits per heavy atom. The molecule has 98 valence electrons. The molecule has 0 fully saturated rings. The minimum Gasteiger partial charge on any atom is -0.465 e. The number of hydrogen-bond donors (Lipinski definition) is 0. The topological polar surface area (TPSA) is 52.6 Å². The molecule has 0 aromatic heterocycles. The van der Waals surface area contributed by atoms with Crippen molar-refractivity contribution in [2.24, 2.45) is 5.41 Å². The molecule has 0 aliphatic rings. The zero-order valence-electron chi connectivity index (χ0n) is 11.1. The number of rotatable bonds is 7. The molecular formula is C13H22O4. The van der Waals surface area contributed by atoms with Gasteiger partial charge in [0.15, 0.2) is 5.41 Å². The molecule has 0 unspecified atom stereocenters. The van der Waals surface area contributed by atoms with Crippen molar-refractivity contribution in [2.75, 3.05) is 13.2 Å². The summed E-state index contributed by atoms with van der Waals surface area (Å²) in [5.74, 6) is -1.13. The molecule has 0 aliphatic carbocycles. The van der Waals surface area contributed by atoms with Gasteiger partial charge in [-0.1, -0.05) is 25.5 Å². The highest BCUT2D eigenvalue weighted by molar-refractivity contribution is 6.01. The zero-order chi connectivity index (χ0) is 13.3. The van der Waals surface area contributed by atoms with Gasteiger partial charge in [-0.2, -0.15) is 0 Å². The van der Waals surface area contributed by atoms with Gasteiger partial charge in [-0.05, 0) is 27.2 Å². The lowest BCUT2D eigenvalue weighted by Gasteiger charge is -2.21. The predicted molar refractivity (Wildman–Crippen MR) is 65.4 cm³/mol. The van der Waals surface area contributed by atoms with Crippen LogP contribution in [-0.2, 0) is 19.1 Å². The normalized spacial score (nSPS) is 11.5. The zero-order valence-corrected chi connectivity index (χ0v) is 11.1. The van der Waals surface area contributed by atoms with E-state index in [2.05, 4.69) is 0 Å². The van der Waals surface area contributed by atoms with Crippen LogP contribution < -0.4 is 0 Å². The van der Waals surface area contributed by atoms with Gasteiger partial charge >= 0.3 is 11.9 Å². The predicted octanol–water partition coefficient (Wildman–Crippen LogP) is 2.48. The molecule has 0 atom stereocenters. The van der Waals surface area contributed by atoms with Crippen molar-refractivity contribution in [1.29, 1.82) is 0 Å². The number of esters is 2. The summed E-state index contributed by atoms with van der Waals surface area (Å²) in [6.45, 7) is 7.45. The lowest BCUT2D eigenvalue weighted by atomic mass is 9.90. The van der Waals surface area contributed by atoms with E-state index in [1.807, 2.05) is 13.0 Å². The minimum absolute atomic E-state index is 0.245. The quantitative estimate of drug-likeness (QED) is 0.391. The van der Waals surface area contributed by atoms with E-state index in [1.165, 1.54) is 6.92 Å². The Balaban J connectivity index is 4.92. The highest BCUT2D eigenvalue weighted by Crippen LogP contribution is 2.23. The summed E-state index contributed by atoms with van der Waals surface area (Å²) in [5.41, 5.74) is -1.33. The maximum atomic E-state index is 11.8. The van der Waals surface area contributed by atoms with Crippen molar-refractivity contribution >= 4 is 11.9 Å². The van der Waals surface area contributed by atoms with Crippen molar-refractivity contribution < 1.29 is 19.1 Å². The molecule has 0 aliphatic heterocycles. The summed E-state index contributed by atoms with van der Waals surface area (Å²) >= 11 is 0. The Hall–Kier alpha value is -1.32. The summed E-state index contributed by atoms with van der Waals surface area (Å²) in [6, 6.07) is 0. The van der Waals surface area contributed by atoms with E-state index >= 15 is 0 Å². The lowest BCUT2D eigenvalue weighted by molar-refractivity contribution is -0.166. The van der Waals surface area contributed by atoms with Crippen molar-refractivity contribution in [3.05, 3.63) is 12.2 Å². The minimum atomic E-state index is -1.33. The number of unbranched alkanes of at least 4 members (excludes halogenated alkanes) is 1. The number of carbonyl (C=O) groups is 2. The van der Waals surface area contributed by atoms with Gasteiger partial charge in [-0.3, -0.25) is 9.59 Å². The van der Waals surface area contributed by atoms with Gasteiger partial charge in [0.25, 0.3) is 0 Å². The average molecular weight is 242 g/mol. The first-order valence-electron chi connectivity index (χ1n) is 6.05. The largest absolute Gasteiger partial charge is 0.465 e. The van der Waals surface area contributed by atoms with Gasteiger partial charge in [0.1, 0.15) is 0 Å². The molecule has 0 rings (SSSR count). The first kappa shape index (κ1) is 15.7. The highest BCUT2D eigenvalue weighted by atomic mass is 16.6. The van der Waals surface area contributed by atoms with E-state index < -0.39 is 17.4 Å². The molecule has 17 heavy (non-hydrogen) atoms. The highest BCUT2D eigenvalue weighted by Gasteiger charge is 2.41. The summed E-state index contributed by atoms with van der Waals surface area (Å²) in [4.78, 5) is 23.6. The molecule has 0 aromatic carbocycles. The molecule has 0 aromatic rings. The SMILES string of the molecule is CCCC=CC(C)(C(=O)OCC)C(=O)OCC. The summed E-state index contributed by atoms with van der Waals surface area (Å²) in [5, 5.41) is 0. The van der Waals surface area contributed by atoms with Crippen LogP contribution in [0, 0.1) is 5.41 Å². The monoisotopic (exact) mass is 242 g/mol. The van der Waals surface area contributed by atoms with Gasteiger partial charge in [0, 0.05) is 0 Å².